The maximum atomic E-state index is 5.94. The van der Waals surface area contributed by atoms with E-state index >= 15 is 0 Å². The molecule has 90 valence electrons. The van der Waals surface area contributed by atoms with Crippen molar-refractivity contribution in [2.75, 3.05) is 20.1 Å². The third kappa shape index (κ3) is 2.31. The van der Waals surface area contributed by atoms with Crippen molar-refractivity contribution in [1.29, 1.82) is 0 Å². The van der Waals surface area contributed by atoms with Gasteiger partial charge in [-0.1, -0.05) is 13.0 Å². The molecule has 1 aliphatic carbocycles. The van der Waals surface area contributed by atoms with Crippen molar-refractivity contribution in [1.82, 2.24) is 4.90 Å². The first-order valence-corrected chi connectivity index (χ1v) is 6.98. The van der Waals surface area contributed by atoms with Crippen LogP contribution in [0.15, 0.2) is 17.5 Å². The van der Waals surface area contributed by atoms with E-state index in [9.17, 15) is 0 Å². The molecule has 3 heteroatoms. The molecule has 16 heavy (non-hydrogen) atoms. The number of nitrogens with two attached hydrogens (primary N) is 1. The minimum Gasteiger partial charge on any atom is -0.329 e. The average Bonchev–Trinajstić information content (AvgIpc) is 2.73. The zero-order valence-electron chi connectivity index (χ0n) is 10.3. The molecule has 1 aromatic heterocycles. The summed E-state index contributed by atoms with van der Waals surface area (Å²) in [5.41, 5.74) is 6.24. The molecular weight excluding hydrogens is 216 g/mol. The van der Waals surface area contributed by atoms with Gasteiger partial charge in [0.25, 0.3) is 0 Å². The standard InChI is InChI=1S/C13H22N2S/c1-11-8-13(9-11,10-14)15(2)6-5-12-4-3-7-16-12/h3-4,7,11H,5-6,8-10,14H2,1-2H3. The molecule has 0 spiro atoms. The van der Waals surface area contributed by atoms with Crippen molar-refractivity contribution in [3.05, 3.63) is 22.4 Å². The lowest BCUT2D eigenvalue weighted by molar-refractivity contribution is 0.00672. The van der Waals surface area contributed by atoms with E-state index < -0.39 is 0 Å². The third-order valence-electron chi connectivity index (χ3n) is 3.92. The second kappa shape index (κ2) is 4.86. The van der Waals surface area contributed by atoms with Gasteiger partial charge in [-0.3, -0.25) is 4.90 Å². The summed E-state index contributed by atoms with van der Waals surface area (Å²) in [4.78, 5) is 3.96. The summed E-state index contributed by atoms with van der Waals surface area (Å²) < 4.78 is 0. The molecule has 1 aliphatic rings. The van der Waals surface area contributed by atoms with Gasteiger partial charge in [0.15, 0.2) is 0 Å². The van der Waals surface area contributed by atoms with Crippen molar-refractivity contribution in [2.24, 2.45) is 11.7 Å². The highest BCUT2D eigenvalue weighted by atomic mass is 32.1. The summed E-state index contributed by atoms with van der Waals surface area (Å²) in [6.45, 7) is 4.25. The van der Waals surface area contributed by atoms with E-state index in [0.717, 1.165) is 25.4 Å². The normalized spacial score (nSPS) is 29.4. The van der Waals surface area contributed by atoms with Crippen molar-refractivity contribution >= 4 is 11.3 Å². The molecular formula is C13H22N2S. The first kappa shape index (κ1) is 12.1. The third-order valence-corrected chi connectivity index (χ3v) is 4.86. The molecule has 1 heterocycles. The summed E-state index contributed by atoms with van der Waals surface area (Å²) in [5.74, 6) is 0.854. The van der Waals surface area contributed by atoms with Gasteiger partial charge in [0.1, 0.15) is 0 Å². The Kier molecular flexibility index (Phi) is 3.67. The minimum atomic E-state index is 0.302. The smallest absolute Gasteiger partial charge is 0.0333 e. The molecule has 0 bridgehead atoms. The van der Waals surface area contributed by atoms with Crippen LogP contribution in [-0.4, -0.2) is 30.6 Å². The number of rotatable bonds is 5. The number of hydrogen-bond acceptors (Lipinski definition) is 3. The topological polar surface area (TPSA) is 29.3 Å². The Morgan fingerprint density at radius 2 is 2.31 bits per heavy atom. The fourth-order valence-electron chi connectivity index (χ4n) is 2.84. The lowest BCUT2D eigenvalue weighted by Crippen LogP contribution is -2.60. The van der Waals surface area contributed by atoms with E-state index in [1.165, 1.54) is 17.7 Å². The summed E-state index contributed by atoms with van der Waals surface area (Å²) in [6.07, 6.45) is 3.69. The van der Waals surface area contributed by atoms with Crippen LogP contribution in [0, 0.1) is 5.92 Å². The Labute approximate surface area is 102 Å². The summed E-state index contributed by atoms with van der Waals surface area (Å²) in [6, 6.07) is 4.35. The van der Waals surface area contributed by atoms with Gasteiger partial charge >= 0.3 is 0 Å². The Balaban J connectivity index is 1.85. The average molecular weight is 238 g/mol. The van der Waals surface area contributed by atoms with E-state index in [2.05, 4.69) is 36.4 Å². The first-order valence-electron chi connectivity index (χ1n) is 6.10. The Morgan fingerprint density at radius 1 is 1.56 bits per heavy atom. The summed E-state index contributed by atoms with van der Waals surface area (Å²) >= 11 is 1.85. The van der Waals surface area contributed by atoms with Gasteiger partial charge in [0.2, 0.25) is 0 Å². The molecule has 0 amide bonds. The molecule has 0 saturated heterocycles. The molecule has 0 radical (unpaired) electrons. The highest BCUT2D eigenvalue weighted by molar-refractivity contribution is 7.09. The van der Waals surface area contributed by atoms with Crippen molar-refractivity contribution in [2.45, 2.75) is 31.7 Å². The van der Waals surface area contributed by atoms with Crippen molar-refractivity contribution in [3.8, 4) is 0 Å². The Hall–Kier alpha value is -0.380. The predicted molar refractivity (Wildman–Crippen MR) is 70.8 cm³/mol. The Bertz CT molecular complexity index is 315. The number of nitrogens with zero attached hydrogens (tertiary/aromatic N) is 1. The van der Waals surface area contributed by atoms with Crippen LogP contribution in [0.5, 0.6) is 0 Å². The molecule has 0 aliphatic heterocycles. The highest BCUT2D eigenvalue weighted by Gasteiger charge is 2.43. The van der Waals surface area contributed by atoms with Crippen LogP contribution in [0.1, 0.15) is 24.6 Å². The molecule has 2 rings (SSSR count). The molecule has 0 aromatic carbocycles. The highest BCUT2D eigenvalue weighted by Crippen LogP contribution is 2.40. The fourth-order valence-corrected chi connectivity index (χ4v) is 3.54. The lowest BCUT2D eigenvalue weighted by atomic mass is 9.68. The van der Waals surface area contributed by atoms with Gasteiger partial charge in [-0.05, 0) is 43.7 Å². The largest absolute Gasteiger partial charge is 0.329 e. The first-order chi connectivity index (χ1) is 7.66. The Morgan fingerprint density at radius 3 is 2.81 bits per heavy atom. The van der Waals surface area contributed by atoms with Gasteiger partial charge < -0.3 is 5.73 Å². The number of thiophene rings is 1. The zero-order chi connectivity index (χ0) is 11.6. The summed E-state index contributed by atoms with van der Waals surface area (Å²) in [7, 11) is 2.23. The SMILES string of the molecule is CC1CC(CN)(N(C)CCc2cccs2)C1. The maximum Gasteiger partial charge on any atom is 0.0333 e. The molecule has 0 atom stereocenters. The second-order valence-corrected chi connectivity index (χ2v) is 6.23. The van der Waals surface area contributed by atoms with E-state index in [1.807, 2.05) is 11.3 Å². The van der Waals surface area contributed by atoms with Crippen molar-refractivity contribution in [3.63, 3.8) is 0 Å². The molecule has 1 aromatic rings. The van der Waals surface area contributed by atoms with Crippen LogP contribution in [0.4, 0.5) is 0 Å². The van der Waals surface area contributed by atoms with Crippen LogP contribution >= 0.6 is 11.3 Å². The van der Waals surface area contributed by atoms with E-state index in [4.69, 9.17) is 5.73 Å². The fraction of sp³-hybridized carbons (Fsp3) is 0.692. The minimum absolute atomic E-state index is 0.302. The van der Waals surface area contributed by atoms with Crippen LogP contribution in [-0.2, 0) is 6.42 Å². The van der Waals surface area contributed by atoms with Gasteiger partial charge in [-0.15, -0.1) is 11.3 Å². The van der Waals surface area contributed by atoms with Crippen LogP contribution in [0.2, 0.25) is 0 Å². The lowest BCUT2D eigenvalue weighted by Gasteiger charge is -2.52. The number of hydrogen-bond donors (Lipinski definition) is 1. The molecule has 1 saturated carbocycles. The zero-order valence-corrected chi connectivity index (χ0v) is 11.1. The van der Waals surface area contributed by atoms with Gasteiger partial charge in [0.05, 0.1) is 0 Å². The van der Waals surface area contributed by atoms with E-state index in [-0.39, 0.29) is 0 Å². The molecule has 0 unspecified atom stereocenters. The van der Waals surface area contributed by atoms with Crippen molar-refractivity contribution < 1.29 is 0 Å². The van der Waals surface area contributed by atoms with Crippen LogP contribution < -0.4 is 5.73 Å². The second-order valence-electron chi connectivity index (χ2n) is 5.19. The van der Waals surface area contributed by atoms with Crippen LogP contribution in [0.3, 0.4) is 0 Å². The predicted octanol–water partition coefficient (Wildman–Crippen LogP) is 2.35. The monoisotopic (exact) mass is 238 g/mol. The molecule has 1 fully saturated rings. The van der Waals surface area contributed by atoms with Crippen LogP contribution in [0.25, 0.3) is 0 Å². The van der Waals surface area contributed by atoms with Gasteiger partial charge in [-0.25, -0.2) is 0 Å². The van der Waals surface area contributed by atoms with E-state index in [1.54, 1.807) is 0 Å². The number of likely N-dealkylation sites (N-methyl/N-ethyl adjacent to an activating group) is 1. The maximum absolute atomic E-state index is 5.94. The van der Waals surface area contributed by atoms with E-state index in [0.29, 0.717) is 5.54 Å². The molecule has 2 nitrogen and oxygen atoms in total. The van der Waals surface area contributed by atoms with Gasteiger partial charge in [0, 0.05) is 23.5 Å². The summed E-state index contributed by atoms with van der Waals surface area (Å²) in [5, 5.41) is 2.15. The van der Waals surface area contributed by atoms with Gasteiger partial charge in [-0.2, -0.15) is 0 Å². The quantitative estimate of drug-likeness (QED) is 0.853. The molecule has 2 N–H and O–H groups in total.